The van der Waals surface area contributed by atoms with Crippen molar-refractivity contribution in [2.24, 2.45) is 0 Å². The molecule has 0 radical (unpaired) electrons. The number of halogens is 1. The van der Waals surface area contributed by atoms with E-state index in [1.807, 2.05) is 11.8 Å². The van der Waals surface area contributed by atoms with Crippen molar-refractivity contribution in [3.8, 4) is 0 Å². The van der Waals surface area contributed by atoms with Crippen LogP contribution in [0.25, 0.3) is 0 Å². The van der Waals surface area contributed by atoms with Gasteiger partial charge >= 0.3 is 0 Å². The Labute approximate surface area is 131 Å². The number of hydrogen-bond donors (Lipinski definition) is 0. The molecular formula is C18H24FNO2. The summed E-state index contributed by atoms with van der Waals surface area (Å²) in [6.45, 7) is 3.33. The highest BCUT2D eigenvalue weighted by Gasteiger charge is 2.38. The van der Waals surface area contributed by atoms with Gasteiger partial charge in [0.15, 0.2) is 0 Å². The second kappa shape index (κ2) is 6.78. The molecule has 2 aliphatic rings. The van der Waals surface area contributed by atoms with E-state index in [9.17, 15) is 9.18 Å². The summed E-state index contributed by atoms with van der Waals surface area (Å²) >= 11 is 0. The maximum Gasteiger partial charge on any atom is 0.230 e. The Morgan fingerprint density at radius 2 is 2.05 bits per heavy atom. The fourth-order valence-corrected chi connectivity index (χ4v) is 3.82. The van der Waals surface area contributed by atoms with E-state index in [4.69, 9.17) is 4.74 Å². The number of carbonyl (C=O) groups excluding carboxylic acids is 1. The average molecular weight is 305 g/mol. The molecule has 0 spiro atoms. The van der Waals surface area contributed by atoms with E-state index < -0.39 is 0 Å². The maximum absolute atomic E-state index is 13.1. The van der Waals surface area contributed by atoms with Crippen LogP contribution in [0.15, 0.2) is 24.3 Å². The third kappa shape index (κ3) is 3.02. The van der Waals surface area contributed by atoms with Crippen molar-refractivity contribution in [1.29, 1.82) is 0 Å². The molecule has 1 saturated carbocycles. The largest absolute Gasteiger partial charge is 0.374 e. The summed E-state index contributed by atoms with van der Waals surface area (Å²) in [4.78, 5) is 15.1. The van der Waals surface area contributed by atoms with Gasteiger partial charge in [0.05, 0.1) is 24.7 Å². The van der Waals surface area contributed by atoms with Crippen LogP contribution in [0.1, 0.15) is 50.5 Å². The van der Waals surface area contributed by atoms with Gasteiger partial charge in [-0.25, -0.2) is 4.39 Å². The molecule has 22 heavy (non-hydrogen) atoms. The number of fused-ring (bicyclic) bond motifs is 1. The molecule has 3 atom stereocenters. The molecule has 1 aromatic carbocycles. The third-order valence-electron chi connectivity index (χ3n) is 4.99. The second-order valence-electron chi connectivity index (χ2n) is 6.31. The first-order valence-corrected chi connectivity index (χ1v) is 8.38. The van der Waals surface area contributed by atoms with E-state index in [0.29, 0.717) is 13.2 Å². The minimum atomic E-state index is -0.259. The molecule has 0 N–H and O–H groups in total. The Hall–Kier alpha value is -1.42. The highest BCUT2D eigenvalue weighted by atomic mass is 19.1. The van der Waals surface area contributed by atoms with Gasteiger partial charge in [0, 0.05) is 6.54 Å². The highest BCUT2D eigenvalue weighted by Crippen LogP contribution is 2.32. The lowest BCUT2D eigenvalue weighted by Gasteiger charge is -2.45. The molecule has 3 unspecified atom stereocenters. The quantitative estimate of drug-likeness (QED) is 0.855. The van der Waals surface area contributed by atoms with Crippen LogP contribution in [-0.4, -0.2) is 36.1 Å². The zero-order chi connectivity index (χ0) is 15.5. The number of nitrogens with zero attached hydrogens (tertiary/aromatic N) is 1. The highest BCUT2D eigenvalue weighted by molar-refractivity contribution is 5.84. The van der Waals surface area contributed by atoms with Crippen LogP contribution in [0, 0.1) is 5.82 Å². The summed E-state index contributed by atoms with van der Waals surface area (Å²) in [5.74, 6) is -0.264. The van der Waals surface area contributed by atoms with Crippen molar-refractivity contribution in [3.05, 3.63) is 35.6 Å². The smallest absolute Gasteiger partial charge is 0.230 e. The van der Waals surface area contributed by atoms with Crippen molar-refractivity contribution >= 4 is 5.91 Å². The Kier molecular flexibility index (Phi) is 4.77. The van der Waals surface area contributed by atoms with Crippen LogP contribution in [0.3, 0.4) is 0 Å². The molecule has 1 aromatic rings. The SMILES string of the molecule is CCC(C(=O)N1CCOC2CCCCC21)c1ccc(F)cc1. The van der Waals surface area contributed by atoms with Crippen LogP contribution in [0.4, 0.5) is 4.39 Å². The van der Waals surface area contributed by atoms with Crippen molar-refractivity contribution in [3.63, 3.8) is 0 Å². The number of hydrogen-bond acceptors (Lipinski definition) is 2. The Bertz CT molecular complexity index is 514. The first kappa shape index (κ1) is 15.5. The third-order valence-corrected chi connectivity index (χ3v) is 4.99. The van der Waals surface area contributed by atoms with Gasteiger partial charge in [-0.3, -0.25) is 4.79 Å². The average Bonchev–Trinajstić information content (AvgIpc) is 2.56. The maximum atomic E-state index is 13.1. The molecule has 120 valence electrons. The minimum absolute atomic E-state index is 0.175. The first-order chi connectivity index (χ1) is 10.7. The van der Waals surface area contributed by atoms with Crippen molar-refractivity contribution in [2.45, 2.75) is 57.1 Å². The predicted octanol–water partition coefficient (Wildman–Crippen LogP) is 3.49. The number of ether oxygens (including phenoxy) is 1. The molecule has 1 aliphatic carbocycles. The normalized spacial score (nSPS) is 26.4. The molecule has 3 nitrogen and oxygen atoms in total. The summed E-state index contributed by atoms with van der Waals surface area (Å²) in [6.07, 6.45) is 5.40. The number of benzene rings is 1. The Morgan fingerprint density at radius 1 is 1.32 bits per heavy atom. The lowest BCUT2D eigenvalue weighted by molar-refractivity contribution is -0.151. The summed E-state index contributed by atoms with van der Waals surface area (Å²) in [5.41, 5.74) is 0.910. The van der Waals surface area contributed by atoms with Crippen LogP contribution >= 0.6 is 0 Å². The van der Waals surface area contributed by atoms with Crippen LogP contribution < -0.4 is 0 Å². The molecule has 1 saturated heterocycles. The van der Waals surface area contributed by atoms with E-state index >= 15 is 0 Å². The molecule has 1 aliphatic heterocycles. The molecule has 4 heteroatoms. The van der Waals surface area contributed by atoms with Gasteiger partial charge in [-0.2, -0.15) is 0 Å². The van der Waals surface area contributed by atoms with Crippen LogP contribution in [-0.2, 0) is 9.53 Å². The predicted molar refractivity (Wildman–Crippen MR) is 83.1 cm³/mol. The summed E-state index contributed by atoms with van der Waals surface area (Å²) in [7, 11) is 0. The van der Waals surface area contributed by atoms with E-state index in [0.717, 1.165) is 24.8 Å². The molecule has 1 amide bonds. The van der Waals surface area contributed by atoms with Gasteiger partial charge in [0.25, 0.3) is 0 Å². The summed E-state index contributed by atoms with van der Waals surface area (Å²) in [6, 6.07) is 6.58. The van der Waals surface area contributed by atoms with Crippen LogP contribution in [0.2, 0.25) is 0 Å². The topological polar surface area (TPSA) is 29.5 Å². The standard InChI is InChI=1S/C18H24FNO2/c1-2-15(13-7-9-14(19)10-8-13)18(21)20-11-12-22-17-6-4-3-5-16(17)20/h7-10,15-17H,2-6,11-12H2,1H3. The molecule has 0 aromatic heterocycles. The molecule has 2 fully saturated rings. The van der Waals surface area contributed by atoms with Gasteiger partial charge in [-0.15, -0.1) is 0 Å². The number of carbonyl (C=O) groups is 1. The molecule has 0 bridgehead atoms. The van der Waals surface area contributed by atoms with Crippen molar-refractivity contribution in [2.75, 3.05) is 13.2 Å². The Morgan fingerprint density at radius 3 is 2.77 bits per heavy atom. The van der Waals surface area contributed by atoms with E-state index in [1.54, 1.807) is 12.1 Å². The Balaban J connectivity index is 1.79. The molecular weight excluding hydrogens is 281 g/mol. The van der Waals surface area contributed by atoms with E-state index in [2.05, 4.69) is 0 Å². The fraction of sp³-hybridized carbons (Fsp3) is 0.611. The van der Waals surface area contributed by atoms with Gasteiger partial charge in [0.1, 0.15) is 5.82 Å². The van der Waals surface area contributed by atoms with Crippen LogP contribution in [0.5, 0.6) is 0 Å². The fourth-order valence-electron chi connectivity index (χ4n) is 3.82. The lowest BCUT2D eigenvalue weighted by Crippen LogP contribution is -2.55. The minimum Gasteiger partial charge on any atom is -0.374 e. The zero-order valence-corrected chi connectivity index (χ0v) is 13.1. The monoisotopic (exact) mass is 305 g/mol. The molecule has 1 heterocycles. The zero-order valence-electron chi connectivity index (χ0n) is 13.1. The summed E-state index contributed by atoms with van der Waals surface area (Å²) < 4.78 is 19.0. The number of morpholine rings is 1. The van der Waals surface area contributed by atoms with E-state index in [-0.39, 0.29) is 29.8 Å². The second-order valence-corrected chi connectivity index (χ2v) is 6.31. The number of amides is 1. The van der Waals surface area contributed by atoms with Gasteiger partial charge in [-0.1, -0.05) is 31.9 Å². The van der Waals surface area contributed by atoms with Crippen molar-refractivity contribution in [1.82, 2.24) is 4.90 Å². The van der Waals surface area contributed by atoms with Gasteiger partial charge in [0.2, 0.25) is 5.91 Å². The lowest BCUT2D eigenvalue weighted by atomic mass is 9.88. The first-order valence-electron chi connectivity index (χ1n) is 8.38. The van der Waals surface area contributed by atoms with Gasteiger partial charge in [-0.05, 0) is 37.0 Å². The summed E-state index contributed by atoms with van der Waals surface area (Å²) in [5, 5.41) is 0. The van der Waals surface area contributed by atoms with E-state index in [1.165, 1.54) is 25.0 Å². The van der Waals surface area contributed by atoms with Gasteiger partial charge < -0.3 is 9.64 Å². The molecule has 3 rings (SSSR count). The van der Waals surface area contributed by atoms with Crippen molar-refractivity contribution < 1.29 is 13.9 Å². The number of rotatable bonds is 3.